The van der Waals surface area contributed by atoms with Gasteiger partial charge < -0.3 is 5.32 Å². The van der Waals surface area contributed by atoms with Crippen molar-refractivity contribution in [2.24, 2.45) is 0 Å². The molecule has 1 aliphatic rings. The van der Waals surface area contributed by atoms with Gasteiger partial charge in [-0.2, -0.15) is 0 Å². The summed E-state index contributed by atoms with van der Waals surface area (Å²) in [5, 5.41) is 8.00. The Balaban J connectivity index is 1.07. The summed E-state index contributed by atoms with van der Waals surface area (Å²) in [6, 6.07) is 22.2. The molecule has 1 aliphatic heterocycles. The van der Waals surface area contributed by atoms with E-state index < -0.39 is 0 Å². The average Bonchev–Trinajstić information content (AvgIpc) is 3.67. The molecule has 9 heteroatoms. The zero-order valence-corrected chi connectivity index (χ0v) is 23.0. The van der Waals surface area contributed by atoms with Gasteiger partial charge in [0.2, 0.25) is 5.91 Å². The molecule has 5 nitrogen and oxygen atoms in total. The van der Waals surface area contributed by atoms with Crippen LogP contribution in [0.5, 0.6) is 0 Å². The lowest BCUT2D eigenvalue weighted by Crippen LogP contribution is -2.30. The van der Waals surface area contributed by atoms with Gasteiger partial charge in [0, 0.05) is 40.9 Å². The molecule has 2 amide bonds. The molecule has 37 heavy (non-hydrogen) atoms. The number of aromatic nitrogens is 1. The number of benzene rings is 2. The fourth-order valence-corrected chi connectivity index (χ4v) is 6.66. The lowest BCUT2D eigenvalue weighted by molar-refractivity contribution is -0.124. The van der Waals surface area contributed by atoms with Crippen LogP contribution >= 0.6 is 46.7 Å². The number of amides is 2. The van der Waals surface area contributed by atoms with Gasteiger partial charge in [-0.25, -0.2) is 4.98 Å². The lowest BCUT2D eigenvalue weighted by atomic mass is 10.1. The number of hydrogen-bond donors (Lipinski definition) is 1. The Morgan fingerprint density at radius 2 is 1.81 bits per heavy atom. The monoisotopic (exact) mass is 561 g/mol. The Morgan fingerprint density at radius 3 is 2.57 bits per heavy atom. The summed E-state index contributed by atoms with van der Waals surface area (Å²) >= 11 is 9.91. The van der Waals surface area contributed by atoms with Crippen molar-refractivity contribution in [3.8, 4) is 21.8 Å². The molecule has 1 fully saturated rings. The van der Waals surface area contributed by atoms with E-state index in [1.807, 2.05) is 66.1 Å². The molecule has 0 unspecified atom stereocenters. The topological polar surface area (TPSA) is 62.3 Å². The van der Waals surface area contributed by atoms with Gasteiger partial charge in [-0.1, -0.05) is 84.6 Å². The Kier molecular flexibility index (Phi) is 8.25. The first-order valence-electron chi connectivity index (χ1n) is 11.7. The third kappa shape index (κ3) is 6.42. The molecule has 5 rings (SSSR count). The minimum atomic E-state index is -0.0834. The standard InChI is InChI=1S/C28H23N3O2S4/c32-25(9-4-14-31-27(33)24(37-28(31)34)16-22-8-5-15-35-22)29-17-19-10-12-20(13-11-19)23-18-36-26(30-23)21-6-2-1-3-7-21/h1-3,5-8,10-13,15-16,18H,4,9,14,17H2,(H,29,32)/b24-16-. The lowest BCUT2D eigenvalue weighted by Gasteiger charge is -2.14. The maximum absolute atomic E-state index is 12.7. The van der Waals surface area contributed by atoms with Gasteiger partial charge in [0.25, 0.3) is 5.91 Å². The summed E-state index contributed by atoms with van der Waals surface area (Å²) in [7, 11) is 0. The van der Waals surface area contributed by atoms with E-state index in [9.17, 15) is 9.59 Å². The van der Waals surface area contributed by atoms with Crippen LogP contribution in [0.15, 0.2) is 82.4 Å². The molecular weight excluding hydrogens is 539 g/mol. The quantitative estimate of drug-likeness (QED) is 0.179. The van der Waals surface area contributed by atoms with E-state index in [1.165, 1.54) is 11.8 Å². The van der Waals surface area contributed by atoms with Gasteiger partial charge in [0.05, 0.1) is 10.6 Å². The van der Waals surface area contributed by atoms with Crippen molar-refractivity contribution in [3.05, 3.63) is 92.8 Å². The molecule has 1 N–H and O–H groups in total. The Bertz CT molecular complexity index is 1430. The van der Waals surface area contributed by atoms with Crippen molar-refractivity contribution in [1.82, 2.24) is 15.2 Å². The van der Waals surface area contributed by atoms with Gasteiger partial charge >= 0.3 is 0 Å². The largest absolute Gasteiger partial charge is 0.352 e. The maximum Gasteiger partial charge on any atom is 0.266 e. The summed E-state index contributed by atoms with van der Waals surface area (Å²) in [6.45, 7) is 0.892. The van der Waals surface area contributed by atoms with Gasteiger partial charge in [-0.3, -0.25) is 14.5 Å². The molecule has 0 saturated carbocycles. The molecule has 1 saturated heterocycles. The van der Waals surface area contributed by atoms with E-state index >= 15 is 0 Å². The minimum Gasteiger partial charge on any atom is -0.352 e. The molecule has 0 spiro atoms. The summed E-state index contributed by atoms with van der Waals surface area (Å²) in [6.07, 6.45) is 2.76. The predicted octanol–water partition coefficient (Wildman–Crippen LogP) is 6.84. The number of thiazole rings is 1. The third-order valence-corrected chi connectivity index (χ3v) is 8.83. The summed E-state index contributed by atoms with van der Waals surface area (Å²) in [5.74, 6) is -0.129. The number of thiophene rings is 1. The molecule has 0 radical (unpaired) electrons. The summed E-state index contributed by atoms with van der Waals surface area (Å²) < 4.78 is 0.546. The van der Waals surface area contributed by atoms with Crippen molar-refractivity contribution >= 4 is 68.9 Å². The first kappa shape index (κ1) is 25.5. The van der Waals surface area contributed by atoms with Crippen molar-refractivity contribution < 1.29 is 9.59 Å². The van der Waals surface area contributed by atoms with Crippen molar-refractivity contribution in [2.45, 2.75) is 19.4 Å². The molecule has 3 heterocycles. The normalized spacial score (nSPS) is 14.5. The van der Waals surface area contributed by atoms with E-state index in [0.29, 0.717) is 35.2 Å². The molecule has 186 valence electrons. The van der Waals surface area contributed by atoms with Crippen LogP contribution in [0.3, 0.4) is 0 Å². The zero-order valence-electron chi connectivity index (χ0n) is 19.8. The maximum atomic E-state index is 12.7. The number of carbonyl (C=O) groups excluding carboxylic acids is 2. The van der Waals surface area contributed by atoms with Crippen LogP contribution in [-0.4, -0.2) is 32.6 Å². The highest BCUT2D eigenvalue weighted by atomic mass is 32.2. The molecule has 2 aromatic carbocycles. The molecular formula is C28H23N3O2S4. The van der Waals surface area contributed by atoms with Crippen LogP contribution < -0.4 is 5.32 Å². The average molecular weight is 562 g/mol. The molecule has 0 aliphatic carbocycles. The second-order valence-electron chi connectivity index (χ2n) is 8.33. The van der Waals surface area contributed by atoms with Crippen LogP contribution in [-0.2, 0) is 16.1 Å². The fourth-order valence-electron chi connectivity index (χ4n) is 3.80. The smallest absolute Gasteiger partial charge is 0.266 e. The van der Waals surface area contributed by atoms with E-state index in [4.69, 9.17) is 17.2 Å². The van der Waals surface area contributed by atoms with Gasteiger partial charge in [-0.05, 0) is 29.5 Å². The number of thioether (sulfide) groups is 1. The Hall–Kier alpha value is -3.11. The number of nitrogens with zero attached hydrogens (tertiary/aromatic N) is 2. The second kappa shape index (κ2) is 12.0. The van der Waals surface area contributed by atoms with E-state index in [2.05, 4.69) is 22.8 Å². The summed E-state index contributed by atoms with van der Waals surface area (Å²) in [4.78, 5) is 33.1. The molecule has 0 atom stereocenters. The highest BCUT2D eigenvalue weighted by Gasteiger charge is 2.31. The predicted molar refractivity (Wildman–Crippen MR) is 158 cm³/mol. The Morgan fingerprint density at radius 1 is 1.00 bits per heavy atom. The highest BCUT2D eigenvalue weighted by Crippen LogP contribution is 2.33. The van der Waals surface area contributed by atoms with Crippen LogP contribution in [0.1, 0.15) is 23.3 Å². The SMILES string of the molecule is O=C(CCCN1C(=O)/C(=C/c2cccs2)SC1=S)NCc1ccc(-c2csc(-c3ccccc3)n2)cc1. The van der Waals surface area contributed by atoms with Gasteiger partial charge in [0.1, 0.15) is 9.33 Å². The van der Waals surface area contributed by atoms with Gasteiger partial charge in [0.15, 0.2) is 0 Å². The van der Waals surface area contributed by atoms with Crippen LogP contribution in [0.25, 0.3) is 27.9 Å². The summed E-state index contributed by atoms with van der Waals surface area (Å²) in [5.41, 5.74) is 4.12. The number of rotatable bonds is 9. The Labute approximate surface area is 233 Å². The van der Waals surface area contributed by atoms with E-state index in [1.54, 1.807) is 27.6 Å². The van der Waals surface area contributed by atoms with Crippen LogP contribution in [0.2, 0.25) is 0 Å². The second-order valence-corrected chi connectivity index (χ2v) is 11.8. The molecule has 4 aromatic rings. The van der Waals surface area contributed by atoms with Gasteiger partial charge in [-0.15, -0.1) is 22.7 Å². The number of nitrogens with one attached hydrogen (secondary N) is 1. The number of carbonyl (C=O) groups is 2. The number of thiocarbonyl (C=S) groups is 1. The number of hydrogen-bond acceptors (Lipinski definition) is 7. The van der Waals surface area contributed by atoms with E-state index in [0.717, 1.165) is 32.3 Å². The fraction of sp³-hybridized carbons (Fsp3) is 0.143. The van der Waals surface area contributed by atoms with Crippen LogP contribution in [0, 0.1) is 0 Å². The first-order valence-corrected chi connectivity index (χ1v) is 14.7. The van der Waals surface area contributed by atoms with Crippen molar-refractivity contribution in [1.29, 1.82) is 0 Å². The van der Waals surface area contributed by atoms with Crippen molar-refractivity contribution in [2.75, 3.05) is 6.54 Å². The molecule has 0 bridgehead atoms. The first-order chi connectivity index (χ1) is 18.1. The van der Waals surface area contributed by atoms with Crippen molar-refractivity contribution in [3.63, 3.8) is 0 Å². The molecule has 2 aromatic heterocycles. The van der Waals surface area contributed by atoms with E-state index in [-0.39, 0.29) is 11.8 Å². The third-order valence-electron chi connectivity index (χ3n) is 5.74. The van der Waals surface area contributed by atoms with Crippen LogP contribution in [0.4, 0.5) is 0 Å². The minimum absolute atomic E-state index is 0.0457. The zero-order chi connectivity index (χ0) is 25.6. The highest BCUT2D eigenvalue weighted by molar-refractivity contribution is 8.26.